The fraction of sp³-hybridized carbons (Fsp3) is 0.929. The predicted molar refractivity (Wildman–Crippen MR) is 127 cm³/mol. The highest BCUT2D eigenvalue weighted by Crippen LogP contribution is 2.75. The van der Waals surface area contributed by atoms with E-state index in [0.717, 1.165) is 19.3 Å². The first kappa shape index (κ1) is 23.6. The van der Waals surface area contributed by atoms with E-state index in [1.165, 1.54) is 32.1 Å². The summed E-state index contributed by atoms with van der Waals surface area (Å²) in [4.78, 5) is 30.8. The van der Waals surface area contributed by atoms with Crippen molar-refractivity contribution in [3.05, 3.63) is 0 Å². The smallest absolute Gasteiger partial charge is 0.306 e. The molecule has 2 aliphatic heterocycles. The van der Waals surface area contributed by atoms with E-state index in [1.54, 1.807) is 12.2 Å². The van der Waals surface area contributed by atoms with Crippen LogP contribution in [0.2, 0.25) is 0 Å². The average Bonchev–Trinajstić information content (AvgIpc) is 3.25. The Morgan fingerprint density at radius 1 is 0.788 bits per heavy atom. The lowest BCUT2D eigenvalue weighted by Gasteiger charge is -2.67. The number of nitrogens with zero attached hydrogens (tertiary/aromatic N) is 1. The molecule has 5 rings (SSSR count). The molecule has 3 saturated carbocycles. The molecule has 5 heteroatoms. The van der Waals surface area contributed by atoms with Gasteiger partial charge in [0.2, 0.25) is 5.91 Å². The first-order valence-electron chi connectivity index (χ1n) is 13.4. The lowest BCUT2D eigenvalue weighted by Crippen LogP contribution is -2.64. The molecule has 1 amide bonds. The first-order valence-corrected chi connectivity index (χ1v) is 13.4. The number of amides is 1. The molecular formula is C28H45NO4. The van der Waals surface area contributed by atoms with E-state index >= 15 is 0 Å². The van der Waals surface area contributed by atoms with Crippen LogP contribution >= 0.6 is 0 Å². The summed E-state index contributed by atoms with van der Waals surface area (Å²) >= 11 is 0. The topological polar surface area (TPSA) is 55.8 Å². The molecule has 0 radical (unpaired) electrons. The summed E-state index contributed by atoms with van der Waals surface area (Å²) < 4.78 is 5.99. The molecule has 2 heterocycles. The number of fused-ring (bicyclic) bond motifs is 5. The van der Waals surface area contributed by atoms with Crippen molar-refractivity contribution in [3.8, 4) is 0 Å². The summed E-state index contributed by atoms with van der Waals surface area (Å²) in [7, 11) is 1.65. The summed E-state index contributed by atoms with van der Waals surface area (Å²) in [5.74, 6) is 2.26. The van der Waals surface area contributed by atoms with Gasteiger partial charge in [-0.2, -0.15) is 0 Å². The number of esters is 1. The quantitative estimate of drug-likeness (QED) is 0.482. The van der Waals surface area contributed by atoms with E-state index in [4.69, 9.17) is 9.57 Å². The fourth-order valence-corrected chi connectivity index (χ4v) is 10.6. The third kappa shape index (κ3) is 2.93. The summed E-state index contributed by atoms with van der Waals surface area (Å²) in [5.41, 5.74) is 0.0405. The van der Waals surface area contributed by atoms with E-state index in [1.807, 2.05) is 0 Å². The number of hydrogen-bond donors (Lipinski definition) is 0. The van der Waals surface area contributed by atoms with Gasteiger partial charge in [0.05, 0.1) is 12.6 Å². The van der Waals surface area contributed by atoms with Crippen LogP contribution in [0.25, 0.3) is 0 Å². The molecule has 8 atom stereocenters. The van der Waals surface area contributed by atoms with Gasteiger partial charge in [-0.1, -0.05) is 20.8 Å². The maximum atomic E-state index is 13.0. The highest BCUT2D eigenvalue weighted by Gasteiger charge is 2.70. The lowest BCUT2D eigenvalue weighted by atomic mass is 9.37. The molecule has 33 heavy (non-hydrogen) atoms. The van der Waals surface area contributed by atoms with Gasteiger partial charge in [0, 0.05) is 18.8 Å². The summed E-state index contributed by atoms with van der Waals surface area (Å²) in [6.07, 6.45) is 10.2. The van der Waals surface area contributed by atoms with Gasteiger partial charge >= 0.3 is 5.97 Å². The monoisotopic (exact) mass is 459 g/mol. The summed E-state index contributed by atoms with van der Waals surface area (Å²) in [6, 6.07) is 0. The molecule has 1 unspecified atom stereocenters. The van der Waals surface area contributed by atoms with Crippen LogP contribution in [0.4, 0.5) is 0 Å². The van der Waals surface area contributed by atoms with Gasteiger partial charge < -0.3 is 4.74 Å². The largest absolute Gasteiger partial charge is 0.459 e. The molecule has 5 fully saturated rings. The minimum atomic E-state index is -0.306. The van der Waals surface area contributed by atoms with Gasteiger partial charge in [-0.25, -0.2) is 5.06 Å². The SMILES string of the molecule is CON1C(=O)CC[C@]2(C)[C@H]3CC[C@@H]4C([C@@]5(C)CCC(=O)O5)CC[C@@]4(C)[C@]3(C)CC[C@H]2C1(C)C. The molecule has 0 spiro atoms. The van der Waals surface area contributed by atoms with Crippen LogP contribution in [0.3, 0.4) is 0 Å². The second kappa shape index (κ2) is 7.21. The second-order valence-electron chi connectivity index (χ2n) is 13.6. The maximum Gasteiger partial charge on any atom is 0.306 e. The van der Waals surface area contributed by atoms with Gasteiger partial charge in [-0.15, -0.1) is 0 Å². The van der Waals surface area contributed by atoms with Crippen molar-refractivity contribution >= 4 is 11.9 Å². The van der Waals surface area contributed by atoms with Gasteiger partial charge in [0.15, 0.2) is 0 Å². The summed E-state index contributed by atoms with van der Waals surface area (Å²) in [6.45, 7) is 14.3. The van der Waals surface area contributed by atoms with Crippen LogP contribution in [0, 0.1) is 39.9 Å². The molecule has 0 N–H and O–H groups in total. The average molecular weight is 460 g/mol. The van der Waals surface area contributed by atoms with Gasteiger partial charge in [0.25, 0.3) is 0 Å². The molecule has 0 bridgehead atoms. The van der Waals surface area contributed by atoms with Crippen molar-refractivity contribution < 1.29 is 19.2 Å². The van der Waals surface area contributed by atoms with Crippen LogP contribution in [-0.4, -0.2) is 35.2 Å². The van der Waals surface area contributed by atoms with Crippen molar-refractivity contribution in [3.63, 3.8) is 0 Å². The van der Waals surface area contributed by atoms with Crippen molar-refractivity contribution in [2.75, 3.05) is 7.11 Å². The molecule has 0 aromatic heterocycles. The minimum absolute atomic E-state index is 0.00734. The highest BCUT2D eigenvalue weighted by molar-refractivity contribution is 5.76. The van der Waals surface area contributed by atoms with E-state index in [0.29, 0.717) is 36.5 Å². The Hall–Kier alpha value is -1.10. The van der Waals surface area contributed by atoms with Crippen molar-refractivity contribution in [2.45, 2.75) is 117 Å². The number of carbonyl (C=O) groups is 2. The highest BCUT2D eigenvalue weighted by atomic mass is 16.7. The molecule has 5 aliphatic rings. The Kier molecular flexibility index (Phi) is 5.16. The number of carbonyl (C=O) groups excluding carboxylic acids is 2. The number of rotatable bonds is 2. The standard InChI is InChI=1S/C28H45NO4/c1-24(2)20-11-16-27(5)21(25(20,3)14-12-22(30)29(24)32-7)9-8-18-19(10-15-26(18,27)4)28(6)17-13-23(31)33-28/h18-21H,8-17H2,1-7H3/t18-,19?,20+,21-,25+,26-,27-,28-/m1/s1. The van der Waals surface area contributed by atoms with E-state index in [2.05, 4.69) is 41.5 Å². The first-order chi connectivity index (χ1) is 15.3. The van der Waals surface area contributed by atoms with E-state index < -0.39 is 0 Å². The zero-order valence-electron chi connectivity index (χ0n) is 22.0. The van der Waals surface area contributed by atoms with Crippen LogP contribution in [0.5, 0.6) is 0 Å². The zero-order chi connectivity index (χ0) is 24.0. The fourth-order valence-electron chi connectivity index (χ4n) is 10.6. The van der Waals surface area contributed by atoms with E-state index in [-0.39, 0.29) is 39.3 Å². The van der Waals surface area contributed by atoms with E-state index in [9.17, 15) is 9.59 Å². The number of hydrogen-bond acceptors (Lipinski definition) is 4. The Labute approximate surface area is 200 Å². The van der Waals surface area contributed by atoms with Crippen molar-refractivity contribution in [1.29, 1.82) is 0 Å². The summed E-state index contributed by atoms with van der Waals surface area (Å²) in [5, 5.41) is 1.69. The molecule has 0 aromatic carbocycles. The number of ether oxygens (including phenoxy) is 1. The van der Waals surface area contributed by atoms with Gasteiger partial charge in [-0.3, -0.25) is 14.4 Å². The number of hydroxylamine groups is 2. The van der Waals surface area contributed by atoms with Crippen LogP contribution < -0.4 is 0 Å². The van der Waals surface area contributed by atoms with Crippen LogP contribution in [0.15, 0.2) is 0 Å². The maximum absolute atomic E-state index is 13.0. The Morgan fingerprint density at radius 3 is 2.12 bits per heavy atom. The Morgan fingerprint density at radius 2 is 1.48 bits per heavy atom. The minimum Gasteiger partial charge on any atom is -0.459 e. The zero-order valence-corrected chi connectivity index (χ0v) is 22.0. The van der Waals surface area contributed by atoms with Crippen LogP contribution in [0.1, 0.15) is 106 Å². The predicted octanol–water partition coefficient (Wildman–Crippen LogP) is 5.91. The van der Waals surface area contributed by atoms with Gasteiger partial charge in [-0.05, 0) is 106 Å². The normalized spacial score (nSPS) is 51.4. The lowest BCUT2D eigenvalue weighted by molar-refractivity contribution is -0.236. The molecule has 5 nitrogen and oxygen atoms in total. The Bertz CT molecular complexity index is 855. The third-order valence-electron chi connectivity index (χ3n) is 12.3. The number of cyclic esters (lactones) is 1. The van der Waals surface area contributed by atoms with Crippen LogP contribution in [-0.2, 0) is 19.2 Å². The molecule has 2 saturated heterocycles. The molecule has 3 aliphatic carbocycles. The molecule has 186 valence electrons. The van der Waals surface area contributed by atoms with Crippen molar-refractivity contribution in [1.82, 2.24) is 5.06 Å². The van der Waals surface area contributed by atoms with Gasteiger partial charge in [0.1, 0.15) is 5.60 Å². The Balaban J connectivity index is 1.51. The second-order valence-corrected chi connectivity index (χ2v) is 13.6. The third-order valence-corrected chi connectivity index (χ3v) is 12.3. The molecular weight excluding hydrogens is 414 g/mol. The van der Waals surface area contributed by atoms with Crippen molar-refractivity contribution in [2.24, 2.45) is 39.9 Å². The molecule has 0 aromatic rings.